The number of carbonyl (C=O) groups excluding carboxylic acids is 5. The van der Waals surface area contributed by atoms with E-state index < -0.39 is 74.3 Å². The minimum atomic E-state index is -3.65. The van der Waals surface area contributed by atoms with Crippen LogP contribution in [0, 0.1) is 17.7 Å². The zero-order chi connectivity index (χ0) is 38.0. The second-order valence-electron chi connectivity index (χ2n) is 15.6. The summed E-state index contributed by atoms with van der Waals surface area (Å²) >= 11 is 0. The lowest BCUT2D eigenvalue weighted by Gasteiger charge is -2.28. The van der Waals surface area contributed by atoms with Crippen LogP contribution in [0.4, 0.5) is 14.0 Å². The molecule has 2 aliphatic carbocycles. The van der Waals surface area contributed by atoms with Crippen LogP contribution in [0.2, 0.25) is 0 Å². The third kappa shape index (κ3) is 9.61. The van der Waals surface area contributed by atoms with Crippen molar-refractivity contribution in [3.8, 4) is 0 Å². The second kappa shape index (κ2) is 15.4. The number of unbranched alkanes of at least 4 members (excludes halogenated alkanes) is 3. The predicted octanol–water partition coefficient (Wildman–Crippen LogP) is 3.77. The van der Waals surface area contributed by atoms with Crippen LogP contribution in [-0.2, 0) is 47.0 Å². The minimum absolute atomic E-state index is 0.00125. The number of fused-ring (bicyclic) bond motifs is 1. The summed E-state index contributed by atoms with van der Waals surface area (Å²) in [6, 6.07) is 2.52. The third-order valence-electron chi connectivity index (χ3n) is 10.1. The Labute approximate surface area is 304 Å². The van der Waals surface area contributed by atoms with E-state index in [2.05, 4.69) is 10.0 Å². The molecule has 52 heavy (non-hydrogen) atoms. The van der Waals surface area contributed by atoms with Crippen LogP contribution in [0.5, 0.6) is 0 Å². The minimum Gasteiger partial charge on any atom is -0.444 e. The van der Waals surface area contributed by atoms with E-state index in [-0.39, 0.29) is 44.3 Å². The van der Waals surface area contributed by atoms with Crippen LogP contribution >= 0.6 is 0 Å². The van der Waals surface area contributed by atoms with Crippen LogP contribution in [0.25, 0.3) is 0 Å². The quantitative estimate of drug-likeness (QED) is 0.188. The van der Waals surface area contributed by atoms with E-state index in [4.69, 9.17) is 15.2 Å². The molecule has 0 radical (unpaired) electrons. The lowest BCUT2D eigenvalue weighted by Crippen LogP contribution is -2.53. The number of benzene rings is 1. The molecular weight excluding hydrogens is 697 g/mol. The summed E-state index contributed by atoms with van der Waals surface area (Å²) in [5.41, 5.74) is 5.94. The Balaban J connectivity index is 1.11. The summed E-state index contributed by atoms with van der Waals surface area (Å²) in [7, 11) is -3.65. The normalized spacial score (nSPS) is 23.9. The van der Waals surface area contributed by atoms with E-state index in [0.29, 0.717) is 49.7 Å². The van der Waals surface area contributed by atoms with E-state index >= 15 is 0 Å². The molecule has 1 aromatic rings. The molecule has 2 saturated carbocycles. The molecule has 16 heteroatoms. The Kier molecular flexibility index (Phi) is 11.6. The Morgan fingerprint density at radius 1 is 1.10 bits per heavy atom. The Morgan fingerprint density at radius 2 is 1.83 bits per heavy atom. The molecule has 4 aliphatic rings. The highest BCUT2D eigenvalue weighted by atomic mass is 32.2. The molecule has 2 aliphatic heterocycles. The first kappa shape index (κ1) is 39.0. The predicted molar refractivity (Wildman–Crippen MR) is 187 cm³/mol. The van der Waals surface area contributed by atoms with Crippen molar-refractivity contribution in [3.05, 3.63) is 47.3 Å². The molecule has 0 bridgehead atoms. The lowest BCUT2D eigenvalue weighted by atomic mass is 10.0. The summed E-state index contributed by atoms with van der Waals surface area (Å²) in [6.45, 7) is 6.81. The van der Waals surface area contributed by atoms with Crippen LogP contribution in [0.1, 0.15) is 96.6 Å². The van der Waals surface area contributed by atoms with Gasteiger partial charge in [-0.3, -0.25) is 24.0 Å². The fourth-order valence-corrected chi connectivity index (χ4v) is 7.90. The number of nitrogens with two attached hydrogens (primary N) is 1. The van der Waals surface area contributed by atoms with Gasteiger partial charge in [0.05, 0.1) is 17.8 Å². The molecule has 5 atom stereocenters. The van der Waals surface area contributed by atoms with E-state index in [1.165, 1.54) is 15.9 Å². The average Bonchev–Trinajstić information content (AvgIpc) is 3.90. The van der Waals surface area contributed by atoms with Crippen molar-refractivity contribution in [1.82, 2.24) is 19.8 Å². The number of carbonyl (C=O) groups is 5. The van der Waals surface area contributed by atoms with Crippen molar-refractivity contribution < 1.29 is 46.3 Å². The number of sulfonamides is 1. The van der Waals surface area contributed by atoms with Gasteiger partial charge in [0.1, 0.15) is 29.6 Å². The molecule has 4 N–H and O–H groups in total. The molecule has 286 valence electrons. The number of halogens is 1. The number of primary amides is 1. The molecule has 0 spiro atoms. The largest absolute Gasteiger partial charge is 0.444 e. The van der Waals surface area contributed by atoms with Crippen molar-refractivity contribution >= 4 is 39.9 Å². The molecule has 3 fully saturated rings. The monoisotopic (exact) mass is 747 g/mol. The van der Waals surface area contributed by atoms with Gasteiger partial charge in [-0.05, 0) is 83.8 Å². The van der Waals surface area contributed by atoms with Crippen molar-refractivity contribution in [2.24, 2.45) is 17.6 Å². The SMILES string of the molecule is CC(C)(C)OC(=O)NC(CCCCC/C=C\[C@@H]1C[C@@H]1C(=O)NS(=O)(=O)C1(C)CC1)C(=O)N1CC(OC(=O)N2Cc3cccc(F)c3C2)C[C@H]1C(N)=O. The van der Waals surface area contributed by atoms with Gasteiger partial charge in [0, 0.05) is 24.4 Å². The van der Waals surface area contributed by atoms with Gasteiger partial charge in [0.15, 0.2) is 0 Å². The molecule has 0 aromatic heterocycles. The van der Waals surface area contributed by atoms with E-state index in [1.54, 1.807) is 39.8 Å². The molecular formula is C36H50FN5O9S. The number of nitrogens with one attached hydrogen (secondary N) is 2. The average molecular weight is 748 g/mol. The molecule has 2 heterocycles. The van der Waals surface area contributed by atoms with Crippen molar-refractivity contribution in [1.29, 1.82) is 0 Å². The second-order valence-corrected chi connectivity index (χ2v) is 17.8. The summed E-state index contributed by atoms with van der Waals surface area (Å²) in [4.78, 5) is 67.1. The van der Waals surface area contributed by atoms with Gasteiger partial charge in [-0.2, -0.15) is 0 Å². The van der Waals surface area contributed by atoms with Crippen molar-refractivity contribution in [2.45, 2.75) is 127 Å². The van der Waals surface area contributed by atoms with E-state index in [0.717, 1.165) is 6.42 Å². The maximum absolute atomic E-state index is 14.2. The lowest BCUT2D eigenvalue weighted by molar-refractivity contribution is -0.139. The van der Waals surface area contributed by atoms with Crippen LogP contribution in [-0.4, -0.2) is 83.2 Å². The van der Waals surface area contributed by atoms with Gasteiger partial charge in [0.2, 0.25) is 27.7 Å². The number of hydrogen-bond donors (Lipinski definition) is 3. The fraction of sp³-hybridized carbons (Fsp3) is 0.639. The molecule has 14 nitrogen and oxygen atoms in total. The number of alkyl carbamates (subject to hydrolysis) is 1. The number of rotatable bonds is 14. The molecule has 1 saturated heterocycles. The van der Waals surface area contributed by atoms with Gasteiger partial charge < -0.3 is 25.4 Å². The van der Waals surface area contributed by atoms with Crippen molar-refractivity contribution in [3.63, 3.8) is 0 Å². The molecule has 1 aromatic carbocycles. The van der Waals surface area contributed by atoms with Gasteiger partial charge in [-0.1, -0.05) is 37.1 Å². The smallest absolute Gasteiger partial charge is 0.410 e. The highest BCUT2D eigenvalue weighted by Crippen LogP contribution is 2.44. The number of nitrogens with zero attached hydrogens (tertiary/aromatic N) is 2. The number of amides is 5. The maximum atomic E-state index is 14.2. The summed E-state index contributed by atoms with van der Waals surface area (Å²) < 4.78 is 51.4. The molecule has 5 rings (SSSR count). The fourth-order valence-electron chi connectivity index (χ4n) is 6.59. The number of allylic oxidation sites excluding steroid dienone is 2. The van der Waals surface area contributed by atoms with Gasteiger partial charge in [-0.15, -0.1) is 0 Å². The summed E-state index contributed by atoms with van der Waals surface area (Å²) in [5, 5.41) is 2.64. The van der Waals surface area contributed by atoms with E-state index in [9.17, 15) is 36.8 Å². The highest BCUT2D eigenvalue weighted by molar-refractivity contribution is 7.91. The van der Waals surface area contributed by atoms with Gasteiger partial charge >= 0.3 is 12.2 Å². The number of hydrogen-bond acceptors (Lipinski definition) is 9. The van der Waals surface area contributed by atoms with Crippen LogP contribution in [0.15, 0.2) is 30.4 Å². The first-order valence-electron chi connectivity index (χ1n) is 17.9. The maximum Gasteiger partial charge on any atom is 0.410 e. The summed E-state index contributed by atoms with van der Waals surface area (Å²) in [6.07, 6.45) is 6.20. The zero-order valence-corrected chi connectivity index (χ0v) is 31.0. The van der Waals surface area contributed by atoms with Crippen LogP contribution in [0.3, 0.4) is 0 Å². The van der Waals surface area contributed by atoms with Crippen molar-refractivity contribution in [2.75, 3.05) is 6.54 Å². The molecule has 5 amide bonds. The number of ether oxygens (including phenoxy) is 2. The van der Waals surface area contributed by atoms with Crippen LogP contribution < -0.4 is 15.8 Å². The first-order valence-corrected chi connectivity index (χ1v) is 19.4. The molecule has 2 unspecified atom stereocenters. The Hall–Kier alpha value is -4.21. The first-order chi connectivity index (χ1) is 24.4. The summed E-state index contributed by atoms with van der Waals surface area (Å²) in [5.74, 6) is -2.55. The highest BCUT2D eigenvalue weighted by Gasteiger charge is 2.52. The zero-order valence-electron chi connectivity index (χ0n) is 30.2. The number of likely N-dealkylation sites (tertiary alicyclic amines) is 1. The standard InChI is InChI=1S/C36H50FN5O9S/c1-35(2,3)51-33(46)39-28(14-9-7-5-6-8-11-22-17-25(22)31(44)40-52(48,49)36(4)15-16-36)32(45)42-20-24(18-29(42)30(38)43)50-34(47)41-19-23-12-10-13-27(37)26(23)21-41/h8,10-13,22,24-25,28-29H,5-7,9,14-21H2,1-4H3,(H2,38,43)(H,39,46)(H,40,44)/b11-8-/t22-,24?,25+,28?,29+/m1/s1. The van der Waals surface area contributed by atoms with Gasteiger partial charge in [0.25, 0.3) is 0 Å². The Morgan fingerprint density at radius 3 is 2.48 bits per heavy atom. The van der Waals surface area contributed by atoms with E-state index in [1.807, 2.05) is 12.2 Å². The van der Waals surface area contributed by atoms with Gasteiger partial charge in [-0.25, -0.2) is 22.4 Å². The third-order valence-corrected chi connectivity index (χ3v) is 12.3. The Bertz CT molecular complexity index is 1710. The topological polar surface area (TPSA) is 195 Å².